The van der Waals surface area contributed by atoms with Crippen molar-refractivity contribution in [2.24, 2.45) is 11.7 Å². The fourth-order valence-corrected chi connectivity index (χ4v) is 2.06. The normalized spacial score (nSPS) is 12.3. The largest absolute Gasteiger partial charge is 0.378 e. The predicted octanol–water partition coefficient (Wildman–Crippen LogP) is 2.47. The molecular weight excluding hydrogens is 262 g/mol. The second-order valence-corrected chi connectivity index (χ2v) is 6.08. The fourth-order valence-electron chi connectivity index (χ4n) is 2.06. The smallest absolute Gasteiger partial charge is 0.224 e. The quantitative estimate of drug-likeness (QED) is 0.839. The summed E-state index contributed by atoms with van der Waals surface area (Å²) in [4.78, 5) is 16.2. The van der Waals surface area contributed by atoms with Gasteiger partial charge in [0.2, 0.25) is 5.91 Å². The Bertz CT molecular complexity index is 440. The van der Waals surface area contributed by atoms with Gasteiger partial charge in [0.05, 0.1) is 0 Å². The van der Waals surface area contributed by atoms with Gasteiger partial charge in [-0.25, -0.2) is 0 Å². The number of nitrogens with two attached hydrogens (primary N) is 1. The van der Waals surface area contributed by atoms with E-state index in [-0.39, 0.29) is 11.9 Å². The number of amides is 1. The average Bonchev–Trinajstić information content (AvgIpc) is 2.44. The molecule has 0 fully saturated rings. The van der Waals surface area contributed by atoms with Crippen LogP contribution in [-0.4, -0.2) is 37.5 Å². The molecule has 0 aliphatic carbocycles. The van der Waals surface area contributed by atoms with Gasteiger partial charge in [-0.15, -0.1) is 0 Å². The molecule has 1 unspecified atom stereocenters. The van der Waals surface area contributed by atoms with Crippen molar-refractivity contribution in [2.45, 2.75) is 39.8 Å². The number of hydrogen-bond donors (Lipinski definition) is 1. The van der Waals surface area contributed by atoms with Crippen molar-refractivity contribution in [2.75, 3.05) is 25.5 Å². The first-order valence-corrected chi connectivity index (χ1v) is 7.64. The van der Waals surface area contributed by atoms with Crippen LogP contribution in [0.2, 0.25) is 0 Å². The van der Waals surface area contributed by atoms with Crippen molar-refractivity contribution in [3.63, 3.8) is 0 Å². The molecule has 1 amide bonds. The second kappa shape index (κ2) is 8.03. The van der Waals surface area contributed by atoms with Crippen molar-refractivity contribution in [3.8, 4) is 0 Å². The summed E-state index contributed by atoms with van der Waals surface area (Å²) in [5.41, 5.74) is 8.31. The highest BCUT2D eigenvalue weighted by Crippen LogP contribution is 2.15. The summed E-state index contributed by atoms with van der Waals surface area (Å²) in [6, 6.07) is 8.24. The maximum Gasteiger partial charge on any atom is 0.224 e. The van der Waals surface area contributed by atoms with E-state index in [2.05, 4.69) is 29.2 Å². The minimum absolute atomic E-state index is 0.0670. The Labute approximate surface area is 128 Å². The van der Waals surface area contributed by atoms with E-state index in [4.69, 9.17) is 5.73 Å². The van der Waals surface area contributed by atoms with Crippen molar-refractivity contribution >= 4 is 11.6 Å². The van der Waals surface area contributed by atoms with E-state index in [1.165, 1.54) is 0 Å². The number of anilines is 1. The van der Waals surface area contributed by atoms with E-state index in [1.54, 1.807) is 0 Å². The van der Waals surface area contributed by atoms with Gasteiger partial charge in [0.1, 0.15) is 0 Å². The zero-order chi connectivity index (χ0) is 16.0. The molecule has 0 aliphatic heterocycles. The van der Waals surface area contributed by atoms with Crippen molar-refractivity contribution in [3.05, 3.63) is 29.8 Å². The molecule has 0 saturated heterocycles. The molecule has 118 valence electrons. The molecule has 2 N–H and O–H groups in total. The van der Waals surface area contributed by atoms with Crippen LogP contribution < -0.4 is 10.6 Å². The number of benzene rings is 1. The van der Waals surface area contributed by atoms with Crippen LogP contribution in [0.4, 0.5) is 5.69 Å². The van der Waals surface area contributed by atoms with Crippen LogP contribution >= 0.6 is 0 Å². The molecule has 21 heavy (non-hydrogen) atoms. The Morgan fingerprint density at radius 3 is 2.19 bits per heavy atom. The van der Waals surface area contributed by atoms with Gasteiger partial charge < -0.3 is 15.5 Å². The highest BCUT2D eigenvalue weighted by Gasteiger charge is 2.18. The topological polar surface area (TPSA) is 49.6 Å². The van der Waals surface area contributed by atoms with Gasteiger partial charge in [0.15, 0.2) is 0 Å². The SMILES string of the molecule is CCN(Cc1ccc(N(C)C)cc1)C(=O)CC(N)C(C)C. The Hall–Kier alpha value is -1.55. The predicted molar refractivity (Wildman–Crippen MR) is 89.3 cm³/mol. The maximum atomic E-state index is 12.3. The first-order chi connectivity index (χ1) is 9.85. The maximum absolute atomic E-state index is 12.3. The van der Waals surface area contributed by atoms with Crippen LogP contribution in [0, 0.1) is 5.92 Å². The highest BCUT2D eigenvalue weighted by molar-refractivity contribution is 5.76. The second-order valence-electron chi connectivity index (χ2n) is 6.08. The molecule has 0 aromatic heterocycles. The van der Waals surface area contributed by atoms with Crippen LogP contribution in [0.5, 0.6) is 0 Å². The van der Waals surface area contributed by atoms with Gasteiger partial charge in [-0.2, -0.15) is 0 Å². The molecule has 0 bridgehead atoms. The first kappa shape index (κ1) is 17.5. The van der Waals surface area contributed by atoms with E-state index >= 15 is 0 Å². The zero-order valence-corrected chi connectivity index (χ0v) is 14.0. The van der Waals surface area contributed by atoms with E-state index in [0.29, 0.717) is 25.4 Å². The van der Waals surface area contributed by atoms with E-state index in [1.807, 2.05) is 39.8 Å². The van der Waals surface area contributed by atoms with Gasteiger partial charge >= 0.3 is 0 Å². The summed E-state index contributed by atoms with van der Waals surface area (Å²) in [6.07, 6.45) is 0.418. The van der Waals surface area contributed by atoms with Crippen LogP contribution in [0.1, 0.15) is 32.8 Å². The number of rotatable bonds is 7. The Morgan fingerprint density at radius 2 is 1.76 bits per heavy atom. The summed E-state index contributed by atoms with van der Waals surface area (Å²) in [5, 5.41) is 0. The van der Waals surface area contributed by atoms with Crippen LogP contribution in [-0.2, 0) is 11.3 Å². The molecule has 1 atom stereocenters. The Morgan fingerprint density at radius 1 is 1.19 bits per heavy atom. The van der Waals surface area contributed by atoms with Crippen molar-refractivity contribution < 1.29 is 4.79 Å². The molecule has 1 rings (SSSR count). The van der Waals surface area contributed by atoms with Crippen molar-refractivity contribution in [1.29, 1.82) is 0 Å². The van der Waals surface area contributed by atoms with Crippen LogP contribution in [0.3, 0.4) is 0 Å². The first-order valence-electron chi connectivity index (χ1n) is 7.64. The number of nitrogens with zero attached hydrogens (tertiary/aromatic N) is 2. The Kier molecular flexibility index (Phi) is 6.69. The third-order valence-corrected chi connectivity index (χ3v) is 3.83. The van der Waals surface area contributed by atoms with Crippen LogP contribution in [0.15, 0.2) is 24.3 Å². The molecule has 0 saturated carbocycles. The molecule has 1 aromatic carbocycles. The van der Waals surface area contributed by atoms with E-state index in [9.17, 15) is 4.79 Å². The summed E-state index contributed by atoms with van der Waals surface area (Å²) in [7, 11) is 4.04. The molecule has 0 heterocycles. The van der Waals surface area contributed by atoms with Gasteiger partial charge in [-0.05, 0) is 30.5 Å². The third-order valence-electron chi connectivity index (χ3n) is 3.83. The lowest BCUT2D eigenvalue weighted by atomic mass is 10.0. The Balaban J connectivity index is 2.66. The van der Waals surface area contributed by atoms with Gasteiger partial charge in [0, 0.05) is 45.3 Å². The van der Waals surface area contributed by atoms with Gasteiger partial charge in [-0.1, -0.05) is 26.0 Å². The van der Waals surface area contributed by atoms with E-state index < -0.39 is 0 Å². The lowest BCUT2D eigenvalue weighted by Gasteiger charge is -2.24. The highest BCUT2D eigenvalue weighted by atomic mass is 16.2. The minimum atomic E-state index is -0.0670. The standard InChI is InChI=1S/C17H29N3O/c1-6-20(17(21)11-16(18)13(2)3)12-14-7-9-15(10-8-14)19(4)5/h7-10,13,16H,6,11-12,18H2,1-5H3. The molecule has 0 aliphatic rings. The average molecular weight is 291 g/mol. The summed E-state index contributed by atoms with van der Waals surface area (Å²) < 4.78 is 0. The minimum Gasteiger partial charge on any atom is -0.378 e. The molecule has 0 spiro atoms. The van der Waals surface area contributed by atoms with E-state index in [0.717, 1.165) is 11.3 Å². The van der Waals surface area contributed by atoms with Crippen molar-refractivity contribution in [1.82, 2.24) is 4.90 Å². The molecule has 0 radical (unpaired) electrons. The molecule has 1 aromatic rings. The summed E-state index contributed by atoms with van der Waals surface area (Å²) in [6.45, 7) is 7.46. The van der Waals surface area contributed by atoms with Crippen LogP contribution in [0.25, 0.3) is 0 Å². The monoisotopic (exact) mass is 291 g/mol. The third kappa shape index (κ3) is 5.38. The van der Waals surface area contributed by atoms with Gasteiger partial charge in [0.25, 0.3) is 0 Å². The lowest BCUT2D eigenvalue weighted by Crippen LogP contribution is -2.37. The summed E-state index contributed by atoms with van der Waals surface area (Å²) in [5.74, 6) is 0.461. The molecule has 4 heteroatoms. The molecule has 4 nitrogen and oxygen atoms in total. The number of hydrogen-bond acceptors (Lipinski definition) is 3. The fraction of sp³-hybridized carbons (Fsp3) is 0.588. The summed E-state index contributed by atoms with van der Waals surface area (Å²) >= 11 is 0. The van der Waals surface area contributed by atoms with Gasteiger partial charge in [-0.3, -0.25) is 4.79 Å². The molecular formula is C17H29N3O. The number of carbonyl (C=O) groups is 1. The lowest BCUT2D eigenvalue weighted by molar-refractivity contribution is -0.132. The zero-order valence-electron chi connectivity index (χ0n) is 14.0. The number of carbonyl (C=O) groups excluding carboxylic acids is 1.